The van der Waals surface area contributed by atoms with E-state index in [1.165, 1.54) is 29.5 Å². The molecule has 3 aromatic rings. The van der Waals surface area contributed by atoms with E-state index >= 15 is 0 Å². The normalized spacial score (nSPS) is 10.8. The predicted molar refractivity (Wildman–Crippen MR) is 95.8 cm³/mol. The number of benzene rings is 1. The number of carbonyl (C=O) groups is 1. The van der Waals surface area contributed by atoms with E-state index in [1.54, 1.807) is 11.6 Å². The van der Waals surface area contributed by atoms with Crippen LogP contribution in [0.3, 0.4) is 0 Å². The van der Waals surface area contributed by atoms with Gasteiger partial charge in [-0.05, 0) is 34.1 Å². The van der Waals surface area contributed by atoms with Crippen LogP contribution in [0.15, 0.2) is 34.2 Å². The highest BCUT2D eigenvalue weighted by Gasteiger charge is 2.23. The zero-order chi connectivity index (χ0) is 17.3. The number of alkyl halides is 1. The molecule has 0 aliphatic carbocycles. The first-order chi connectivity index (χ1) is 11.5. The SMILES string of the molecule is O=C(O)c1c(CBr)nc(-c2nccs2)nc1-c1ccc(F)cc1Br. The number of halogens is 3. The Hall–Kier alpha value is -1.71. The second kappa shape index (κ2) is 7.04. The molecule has 0 bridgehead atoms. The Morgan fingerprint density at radius 2 is 2.12 bits per heavy atom. The van der Waals surface area contributed by atoms with Crippen molar-refractivity contribution in [2.75, 3.05) is 0 Å². The van der Waals surface area contributed by atoms with Gasteiger partial charge in [-0.3, -0.25) is 0 Å². The number of nitrogens with zero attached hydrogens (tertiary/aromatic N) is 3. The van der Waals surface area contributed by atoms with Crippen molar-refractivity contribution >= 4 is 49.2 Å². The van der Waals surface area contributed by atoms with Gasteiger partial charge in [0.2, 0.25) is 0 Å². The van der Waals surface area contributed by atoms with E-state index in [-0.39, 0.29) is 16.6 Å². The number of aromatic carboxylic acids is 1. The zero-order valence-corrected chi connectivity index (χ0v) is 15.8. The summed E-state index contributed by atoms with van der Waals surface area (Å²) in [7, 11) is 0. The van der Waals surface area contributed by atoms with E-state index in [9.17, 15) is 14.3 Å². The third-order valence-corrected chi connectivity index (χ3v) is 5.09. The van der Waals surface area contributed by atoms with E-state index in [0.717, 1.165) is 0 Å². The van der Waals surface area contributed by atoms with E-state index in [2.05, 4.69) is 46.8 Å². The summed E-state index contributed by atoms with van der Waals surface area (Å²) in [5, 5.41) is 12.2. The molecule has 0 aliphatic heterocycles. The van der Waals surface area contributed by atoms with Gasteiger partial charge in [0, 0.05) is 26.9 Å². The second-order valence-corrected chi connectivity index (χ2v) is 6.93. The van der Waals surface area contributed by atoms with Gasteiger partial charge in [0.1, 0.15) is 11.4 Å². The van der Waals surface area contributed by atoms with Gasteiger partial charge in [-0.2, -0.15) is 0 Å². The van der Waals surface area contributed by atoms with Crippen molar-refractivity contribution in [2.24, 2.45) is 0 Å². The van der Waals surface area contributed by atoms with Crippen molar-refractivity contribution in [2.45, 2.75) is 5.33 Å². The maximum atomic E-state index is 13.4. The van der Waals surface area contributed by atoms with Crippen LogP contribution in [0.1, 0.15) is 16.1 Å². The molecule has 3 rings (SSSR count). The van der Waals surface area contributed by atoms with Crippen LogP contribution in [0, 0.1) is 5.82 Å². The number of aromatic nitrogens is 3. The van der Waals surface area contributed by atoms with E-state index in [1.807, 2.05) is 0 Å². The second-order valence-electron chi connectivity index (χ2n) is 4.62. The van der Waals surface area contributed by atoms with Crippen LogP contribution in [0.2, 0.25) is 0 Å². The lowest BCUT2D eigenvalue weighted by molar-refractivity contribution is 0.0696. The highest BCUT2D eigenvalue weighted by atomic mass is 79.9. The summed E-state index contributed by atoms with van der Waals surface area (Å²) >= 11 is 7.89. The molecule has 0 atom stereocenters. The lowest BCUT2D eigenvalue weighted by atomic mass is 10.0. The van der Waals surface area contributed by atoms with Crippen molar-refractivity contribution in [1.82, 2.24) is 15.0 Å². The van der Waals surface area contributed by atoms with Gasteiger partial charge in [-0.1, -0.05) is 15.9 Å². The molecular formula is C15H8Br2FN3O2S. The van der Waals surface area contributed by atoms with Crippen LogP contribution in [0.5, 0.6) is 0 Å². The minimum Gasteiger partial charge on any atom is -0.478 e. The minimum atomic E-state index is -1.15. The molecule has 0 aliphatic rings. The van der Waals surface area contributed by atoms with Gasteiger partial charge in [0.25, 0.3) is 0 Å². The standard InChI is InChI=1S/C15H8Br2FN3O2S/c16-6-10-11(15(22)23)12(8-2-1-7(18)5-9(8)17)21-13(20-10)14-19-3-4-24-14/h1-5H,6H2,(H,22,23). The molecule has 122 valence electrons. The van der Waals surface area contributed by atoms with Crippen molar-refractivity contribution in [3.63, 3.8) is 0 Å². The molecule has 2 heterocycles. The fourth-order valence-electron chi connectivity index (χ4n) is 2.13. The first-order valence-electron chi connectivity index (χ1n) is 6.56. The van der Waals surface area contributed by atoms with Crippen LogP contribution in [-0.2, 0) is 5.33 Å². The third-order valence-electron chi connectivity index (χ3n) is 3.13. The largest absolute Gasteiger partial charge is 0.478 e. The van der Waals surface area contributed by atoms with Gasteiger partial charge in [0.15, 0.2) is 10.8 Å². The van der Waals surface area contributed by atoms with Crippen LogP contribution < -0.4 is 0 Å². The van der Waals surface area contributed by atoms with Gasteiger partial charge >= 0.3 is 5.97 Å². The lowest BCUT2D eigenvalue weighted by Gasteiger charge is -2.12. The van der Waals surface area contributed by atoms with Crippen molar-refractivity contribution in [1.29, 1.82) is 0 Å². The highest BCUT2D eigenvalue weighted by molar-refractivity contribution is 9.10. The summed E-state index contributed by atoms with van der Waals surface area (Å²) in [5.74, 6) is -1.26. The lowest BCUT2D eigenvalue weighted by Crippen LogP contribution is -2.10. The summed E-state index contributed by atoms with van der Waals surface area (Å²) in [5.41, 5.74) is 0.980. The van der Waals surface area contributed by atoms with Crippen LogP contribution >= 0.6 is 43.2 Å². The zero-order valence-electron chi connectivity index (χ0n) is 11.8. The quantitative estimate of drug-likeness (QED) is 0.554. The van der Waals surface area contributed by atoms with Gasteiger partial charge in [0.05, 0.1) is 11.4 Å². The summed E-state index contributed by atoms with van der Waals surface area (Å²) in [6.07, 6.45) is 1.62. The number of hydrogen-bond donors (Lipinski definition) is 1. The first kappa shape index (κ1) is 17.1. The molecule has 0 radical (unpaired) electrons. The maximum Gasteiger partial charge on any atom is 0.339 e. The average Bonchev–Trinajstić information content (AvgIpc) is 3.08. The molecule has 0 amide bonds. The number of hydrogen-bond acceptors (Lipinski definition) is 5. The maximum absolute atomic E-state index is 13.4. The van der Waals surface area contributed by atoms with Crippen molar-refractivity contribution in [3.05, 3.63) is 51.3 Å². The topological polar surface area (TPSA) is 76.0 Å². The number of carboxylic acids is 1. The molecular weight excluding hydrogens is 465 g/mol. The Labute approximate surface area is 156 Å². The smallest absolute Gasteiger partial charge is 0.339 e. The first-order valence-corrected chi connectivity index (χ1v) is 9.36. The van der Waals surface area contributed by atoms with Gasteiger partial charge in [-0.25, -0.2) is 24.1 Å². The Kier molecular flexibility index (Phi) is 5.02. The van der Waals surface area contributed by atoms with Gasteiger partial charge < -0.3 is 5.11 Å². The summed E-state index contributed by atoms with van der Waals surface area (Å²) < 4.78 is 13.8. The Morgan fingerprint density at radius 1 is 1.33 bits per heavy atom. The number of carboxylic acid groups (broad SMARTS) is 1. The summed E-state index contributed by atoms with van der Waals surface area (Å²) in [6.45, 7) is 0. The molecule has 2 aromatic heterocycles. The van der Waals surface area contributed by atoms with Crippen molar-refractivity contribution < 1.29 is 14.3 Å². The molecule has 1 N–H and O–H groups in total. The molecule has 24 heavy (non-hydrogen) atoms. The third kappa shape index (κ3) is 3.24. The Bertz CT molecular complexity index is 919. The monoisotopic (exact) mass is 471 g/mol. The molecule has 5 nitrogen and oxygen atoms in total. The highest BCUT2D eigenvalue weighted by Crippen LogP contribution is 2.33. The number of thiazole rings is 1. The molecule has 0 saturated carbocycles. The molecule has 0 spiro atoms. The van der Waals surface area contributed by atoms with Crippen molar-refractivity contribution in [3.8, 4) is 22.1 Å². The fraction of sp³-hybridized carbons (Fsp3) is 0.0667. The number of rotatable bonds is 4. The summed E-state index contributed by atoms with van der Waals surface area (Å²) in [4.78, 5) is 24.6. The predicted octanol–water partition coefficient (Wildman–Crippen LogP) is 4.76. The molecule has 0 unspecified atom stereocenters. The molecule has 0 saturated heterocycles. The van der Waals surface area contributed by atoms with E-state index in [0.29, 0.717) is 26.6 Å². The Balaban J connectivity index is 2.33. The molecule has 1 aromatic carbocycles. The van der Waals surface area contributed by atoms with E-state index in [4.69, 9.17) is 0 Å². The average molecular weight is 473 g/mol. The van der Waals surface area contributed by atoms with Gasteiger partial charge in [-0.15, -0.1) is 11.3 Å². The molecule has 0 fully saturated rings. The molecule has 9 heteroatoms. The van der Waals surface area contributed by atoms with Crippen LogP contribution in [-0.4, -0.2) is 26.0 Å². The summed E-state index contributed by atoms with van der Waals surface area (Å²) in [6, 6.07) is 4.00. The van der Waals surface area contributed by atoms with Crippen LogP contribution in [0.25, 0.3) is 22.1 Å². The Morgan fingerprint density at radius 3 is 2.71 bits per heavy atom. The fourth-order valence-corrected chi connectivity index (χ4v) is 3.65. The van der Waals surface area contributed by atoms with E-state index < -0.39 is 11.8 Å². The minimum absolute atomic E-state index is 0.0283. The van der Waals surface area contributed by atoms with Crippen LogP contribution in [0.4, 0.5) is 4.39 Å².